The quantitative estimate of drug-likeness (QED) is 0.870. The van der Waals surface area contributed by atoms with Crippen molar-refractivity contribution in [1.82, 2.24) is 0 Å². The summed E-state index contributed by atoms with van der Waals surface area (Å²) in [4.78, 5) is 0. The van der Waals surface area contributed by atoms with Crippen LogP contribution in [0.25, 0.3) is 0 Å². The van der Waals surface area contributed by atoms with Crippen LogP contribution in [0.15, 0.2) is 24.3 Å². The first-order chi connectivity index (χ1) is 7.91. The van der Waals surface area contributed by atoms with Crippen molar-refractivity contribution in [1.29, 1.82) is 5.26 Å². The number of methoxy groups -OCH3 is 1. The second kappa shape index (κ2) is 4.77. The first-order valence-electron chi connectivity index (χ1n) is 5.69. The Hall–Kier alpha value is -1.53. The van der Waals surface area contributed by atoms with Gasteiger partial charge in [-0.05, 0) is 38.0 Å². The van der Waals surface area contributed by atoms with Gasteiger partial charge >= 0.3 is 0 Å². The minimum Gasteiger partial charge on any atom is -0.497 e. The highest BCUT2D eigenvalue weighted by molar-refractivity contribution is 5.33. The maximum atomic E-state index is 10.6. The van der Waals surface area contributed by atoms with Crippen molar-refractivity contribution in [3.05, 3.63) is 29.8 Å². The Morgan fingerprint density at radius 3 is 2.18 bits per heavy atom. The third-order valence-electron chi connectivity index (χ3n) is 3.68. The van der Waals surface area contributed by atoms with Crippen molar-refractivity contribution in [3.63, 3.8) is 0 Å². The van der Waals surface area contributed by atoms with Gasteiger partial charge < -0.3 is 9.84 Å². The van der Waals surface area contributed by atoms with Crippen molar-refractivity contribution in [2.75, 3.05) is 7.11 Å². The highest BCUT2D eigenvalue weighted by Crippen LogP contribution is 2.41. The molecule has 0 heterocycles. The first-order valence-corrected chi connectivity index (χ1v) is 5.69. The van der Waals surface area contributed by atoms with Gasteiger partial charge in [0, 0.05) is 0 Å². The minimum atomic E-state index is -1.18. The molecule has 0 fully saturated rings. The second-order valence-corrected chi connectivity index (χ2v) is 4.60. The van der Waals surface area contributed by atoms with Gasteiger partial charge in [0.1, 0.15) is 11.4 Å². The summed E-state index contributed by atoms with van der Waals surface area (Å²) in [5, 5.41) is 19.9. The number of nitriles is 1. The Labute approximate surface area is 103 Å². The van der Waals surface area contributed by atoms with Crippen molar-refractivity contribution in [2.45, 2.75) is 32.8 Å². The third kappa shape index (κ3) is 2.27. The van der Waals surface area contributed by atoms with Crippen molar-refractivity contribution >= 4 is 0 Å². The largest absolute Gasteiger partial charge is 0.497 e. The van der Waals surface area contributed by atoms with E-state index in [-0.39, 0.29) is 0 Å². The fourth-order valence-electron chi connectivity index (χ4n) is 1.77. The monoisotopic (exact) mass is 233 g/mol. The molecule has 1 N–H and O–H groups in total. The molecule has 0 amide bonds. The Bertz CT molecular complexity index is 417. The van der Waals surface area contributed by atoms with E-state index < -0.39 is 11.0 Å². The summed E-state index contributed by atoms with van der Waals surface area (Å²) >= 11 is 0. The van der Waals surface area contributed by atoms with Gasteiger partial charge in [-0.25, -0.2) is 0 Å². The predicted molar refractivity (Wildman–Crippen MR) is 66.6 cm³/mol. The molecule has 1 aromatic carbocycles. The van der Waals surface area contributed by atoms with Gasteiger partial charge in [-0.15, -0.1) is 0 Å². The highest BCUT2D eigenvalue weighted by Gasteiger charge is 2.43. The molecule has 0 spiro atoms. The Morgan fingerprint density at radius 2 is 1.82 bits per heavy atom. The van der Waals surface area contributed by atoms with Crippen LogP contribution in [-0.2, 0) is 5.60 Å². The Kier molecular flexibility index (Phi) is 3.79. The Balaban J connectivity index is 3.16. The highest BCUT2D eigenvalue weighted by atomic mass is 16.5. The molecule has 3 nitrogen and oxygen atoms in total. The van der Waals surface area contributed by atoms with Crippen LogP contribution in [-0.4, -0.2) is 12.2 Å². The van der Waals surface area contributed by atoms with Crippen LogP contribution in [0, 0.1) is 16.7 Å². The lowest BCUT2D eigenvalue weighted by atomic mass is 9.70. The van der Waals surface area contributed by atoms with Gasteiger partial charge in [-0.1, -0.05) is 19.1 Å². The lowest BCUT2D eigenvalue weighted by Gasteiger charge is -2.37. The standard InChI is InChI=1S/C14H19NO2/c1-5-13(2,10-15)14(3,16)11-6-8-12(17-4)9-7-11/h6-9,16H,5H2,1-4H3. The summed E-state index contributed by atoms with van der Waals surface area (Å²) in [7, 11) is 1.60. The maximum absolute atomic E-state index is 10.6. The normalized spacial score (nSPS) is 17.6. The molecule has 2 unspecified atom stereocenters. The number of hydrogen-bond acceptors (Lipinski definition) is 3. The second-order valence-electron chi connectivity index (χ2n) is 4.60. The fourth-order valence-corrected chi connectivity index (χ4v) is 1.77. The summed E-state index contributed by atoms with van der Waals surface area (Å²) in [5.41, 5.74) is -1.26. The van der Waals surface area contributed by atoms with E-state index in [4.69, 9.17) is 4.74 Å². The van der Waals surface area contributed by atoms with Gasteiger partial charge in [0.25, 0.3) is 0 Å². The number of rotatable bonds is 4. The molecule has 1 aromatic rings. The topological polar surface area (TPSA) is 53.2 Å². The molecule has 0 aromatic heterocycles. The van der Waals surface area contributed by atoms with Crippen LogP contribution in [0.2, 0.25) is 0 Å². The lowest BCUT2D eigenvalue weighted by Crippen LogP contribution is -2.40. The molecule has 1 rings (SSSR count). The number of aliphatic hydroxyl groups is 1. The van der Waals surface area contributed by atoms with Crippen LogP contribution in [0.4, 0.5) is 0 Å². The molecular formula is C14H19NO2. The number of hydrogen-bond donors (Lipinski definition) is 1. The maximum Gasteiger partial charge on any atom is 0.118 e. The number of ether oxygens (including phenoxy) is 1. The average Bonchev–Trinajstić information content (AvgIpc) is 2.37. The van der Waals surface area contributed by atoms with Gasteiger partial charge in [0.2, 0.25) is 0 Å². The minimum absolute atomic E-state index is 0.586. The molecule has 2 atom stereocenters. The molecule has 0 aliphatic rings. The molecular weight excluding hydrogens is 214 g/mol. The van der Waals surface area contributed by atoms with Crippen LogP contribution >= 0.6 is 0 Å². The van der Waals surface area contributed by atoms with Gasteiger partial charge in [0.15, 0.2) is 0 Å². The molecule has 17 heavy (non-hydrogen) atoms. The summed E-state index contributed by atoms with van der Waals surface area (Å²) in [6.07, 6.45) is 0.586. The molecule has 3 heteroatoms. The van der Waals surface area contributed by atoms with Gasteiger partial charge in [-0.2, -0.15) is 5.26 Å². The van der Waals surface area contributed by atoms with Crippen LogP contribution < -0.4 is 4.74 Å². The van der Waals surface area contributed by atoms with E-state index in [0.717, 1.165) is 11.3 Å². The molecule has 0 saturated carbocycles. The predicted octanol–water partition coefficient (Wildman–Crippen LogP) is 2.84. The van der Waals surface area contributed by atoms with Gasteiger partial charge in [0.05, 0.1) is 18.6 Å². The molecule has 0 radical (unpaired) electrons. The number of nitrogens with zero attached hydrogens (tertiary/aromatic N) is 1. The van der Waals surface area contributed by atoms with E-state index >= 15 is 0 Å². The van der Waals surface area contributed by atoms with Crippen LogP contribution in [0.3, 0.4) is 0 Å². The van der Waals surface area contributed by atoms with Crippen molar-refractivity contribution < 1.29 is 9.84 Å². The summed E-state index contributed by atoms with van der Waals surface area (Å²) in [5.74, 6) is 0.736. The summed E-state index contributed by atoms with van der Waals surface area (Å²) < 4.78 is 5.07. The van der Waals surface area contributed by atoms with E-state index in [1.807, 2.05) is 6.92 Å². The van der Waals surface area contributed by atoms with Crippen LogP contribution in [0.1, 0.15) is 32.8 Å². The smallest absolute Gasteiger partial charge is 0.118 e. The summed E-state index contributed by atoms with van der Waals surface area (Å²) in [6, 6.07) is 9.38. The molecule has 0 aliphatic heterocycles. The van der Waals surface area contributed by atoms with E-state index in [1.165, 1.54) is 0 Å². The van der Waals surface area contributed by atoms with E-state index in [0.29, 0.717) is 6.42 Å². The molecule has 0 bridgehead atoms. The van der Waals surface area contributed by atoms with E-state index in [9.17, 15) is 10.4 Å². The zero-order valence-electron chi connectivity index (χ0n) is 10.8. The van der Waals surface area contributed by atoms with E-state index in [2.05, 4.69) is 6.07 Å². The fraction of sp³-hybridized carbons (Fsp3) is 0.500. The molecule has 92 valence electrons. The molecule has 0 aliphatic carbocycles. The van der Waals surface area contributed by atoms with Crippen molar-refractivity contribution in [3.8, 4) is 11.8 Å². The van der Waals surface area contributed by atoms with E-state index in [1.54, 1.807) is 45.2 Å². The summed E-state index contributed by atoms with van der Waals surface area (Å²) in [6.45, 7) is 5.36. The first kappa shape index (κ1) is 13.5. The van der Waals surface area contributed by atoms with Crippen molar-refractivity contribution in [2.24, 2.45) is 5.41 Å². The lowest BCUT2D eigenvalue weighted by molar-refractivity contribution is -0.0380. The molecule has 0 saturated heterocycles. The van der Waals surface area contributed by atoms with Crippen LogP contribution in [0.5, 0.6) is 5.75 Å². The van der Waals surface area contributed by atoms with Gasteiger partial charge in [-0.3, -0.25) is 0 Å². The SMILES string of the molecule is CCC(C)(C#N)C(C)(O)c1ccc(OC)cc1. The Morgan fingerprint density at radius 1 is 1.29 bits per heavy atom. The zero-order valence-corrected chi connectivity index (χ0v) is 10.8. The number of benzene rings is 1. The average molecular weight is 233 g/mol. The zero-order chi connectivity index (χ0) is 13.1. The third-order valence-corrected chi connectivity index (χ3v) is 3.68.